The minimum atomic E-state index is 0.0833. The zero-order valence-corrected chi connectivity index (χ0v) is 12.0. The first-order valence-corrected chi connectivity index (χ1v) is 7.09. The molecule has 102 valence electrons. The molecular weight excluding hydrogens is 312 g/mol. The molecule has 0 aliphatic carbocycles. The molecule has 5 nitrogen and oxygen atoms in total. The van der Waals surface area contributed by atoms with Crippen LogP contribution in [-0.2, 0) is 11.3 Å². The molecule has 0 radical (unpaired) electrons. The highest BCUT2D eigenvalue weighted by Crippen LogP contribution is 2.36. The predicted octanol–water partition coefficient (Wildman–Crippen LogP) is 1.15. The molecular formula is C13H15BrN2O3. The highest BCUT2D eigenvalue weighted by molar-refractivity contribution is 9.10. The second-order valence-electron chi connectivity index (χ2n) is 4.65. The molecule has 2 aliphatic rings. The Bertz CT molecular complexity index is 507. The van der Waals surface area contributed by atoms with Crippen LogP contribution in [0.15, 0.2) is 16.6 Å². The lowest BCUT2D eigenvalue weighted by Gasteiger charge is -2.27. The summed E-state index contributed by atoms with van der Waals surface area (Å²) in [6, 6.07) is 3.93. The van der Waals surface area contributed by atoms with Gasteiger partial charge in [-0.1, -0.05) is 15.9 Å². The Balaban J connectivity index is 1.78. The molecule has 1 aromatic carbocycles. The van der Waals surface area contributed by atoms with Gasteiger partial charge in [-0.05, 0) is 17.7 Å². The van der Waals surface area contributed by atoms with Gasteiger partial charge in [-0.2, -0.15) is 0 Å². The van der Waals surface area contributed by atoms with E-state index in [0.29, 0.717) is 26.3 Å². The summed E-state index contributed by atoms with van der Waals surface area (Å²) in [7, 11) is 0. The van der Waals surface area contributed by atoms with Crippen molar-refractivity contribution >= 4 is 21.8 Å². The van der Waals surface area contributed by atoms with Crippen molar-refractivity contribution in [3.05, 3.63) is 22.2 Å². The standard InChI is InChI=1S/C13H15BrN2O3/c14-10-6-12-11(18-3-4-19-12)5-9(10)7-16-2-1-15-13(17)8-16/h5-6H,1-4,7-8H2,(H,15,17). The maximum absolute atomic E-state index is 11.4. The Morgan fingerprint density at radius 2 is 2.00 bits per heavy atom. The predicted molar refractivity (Wildman–Crippen MR) is 73.4 cm³/mol. The van der Waals surface area contributed by atoms with Gasteiger partial charge in [0.2, 0.25) is 5.91 Å². The maximum atomic E-state index is 11.4. The molecule has 0 atom stereocenters. The van der Waals surface area contributed by atoms with Gasteiger partial charge in [0.05, 0.1) is 6.54 Å². The molecule has 2 aliphatic heterocycles. The van der Waals surface area contributed by atoms with Crippen LogP contribution < -0.4 is 14.8 Å². The summed E-state index contributed by atoms with van der Waals surface area (Å²) in [5, 5.41) is 2.83. The summed E-state index contributed by atoms with van der Waals surface area (Å²) in [5.74, 6) is 1.64. The van der Waals surface area contributed by atoms with Crippen molar-refractivity contribution in [1.82, 2.24) is 10.2 Å². The first-order chi connectivity index (χ1) is 9.22. The Kier molecular flexibility index (Phi) is 3.61. The first kappa shape index (κ1) is 12.7. The number of hydrogen-bond donors (Lipinski definition) is 1. The largest absolute Gasteiger partial charge is 0.486 e. The average Bonchev–Trinajstić information content (AvgIpc) is 2.40. The van der Waals surface area contributed by atoms with Crippen LogP contribution >= 0.6 is 15.9 Å². The van der Waals surface area contributed by atoms with E-state index in [1.807, 2.05) is 12.1 Å². The van der Waals surface area contributed by atoms with Gasteiger partial charge in [0.25, 0.3) is 0 Å². The third-order valence-electron chi connectivity index (χ3n) is 3.22. The second kappa shape index (κ2) is 5.38. The summed E-state index contributed by atoms with van der Waals surface area (Å²) in [6.07, 6.45) is 0. The van der Waals surface area contributed by atoms with Gasteiger partial charge in [0.1, 0.15) is 13.2 Å². The van der Waals surface area contributed by atoms with E-state index in [9.17, 15) is 4.79 Å². The van der Waals surface area contributed by atoms with Gasteiger partial charge in [-0.25, -0.2) is 0 Å². The molecule has 0 saturated carbocycles. The Morgan fingerprint density at radius 3 is 2.74 bits per heavy atom. The van der Waals surface area contributed by atoms with Crippen LogP contribution in [0.3, 0.4) is 0 Å². The fourth-order valence-electron chi connectivity index (χ4n) is 2.29. The molecule has 1 fully saturated rings. The maximum Gasteiger partial charge on any atom is 0.234 e. The van der Waals surface area contributed by atoms with Gasteiger partial charge in [0.15, 0.2) is 11.5 Å². The van der Waals surface area contributed by atoms with Crippen molar-refractivity contribution in [3.8, 4) is 11.5 Å². The minimum Gasteiger partial charge on any atom is -0.486 e. The van der Waals surface area contributed by atoms with Gasteiger partial charge in [-0.15, -0.1) is 0 Å². The number of halogens is 1. The Hall–Kier alpha value is -1.27. The van der Waals surface area contributed by atoms with E-state index >= 15 is 0 Å². The molecule has 0 spiro atoms. The summed E-state index contributed by atoms with van der Waals surface area (Å²) in [4.78, 5) is 13.5. The van der Waals surface area contributed by atoms with Gasteiger partial charge in [-0.3, -0.25) is 9.69 Å². The summed E-state index contributed by atoms with van der Waals surface area (Å²) >= 11 is 3.55. The summed E-state index contributed by atoms with van der Waals surface area (Å²) in [5.41, 5.74) is 1.11. The highest BCUT2D eigenvalue weighted by Gasteiger charge is 2.19. The fourth-order valence-corrected chi connectivity index (χ4v) is 2.74. The molecule has 0 bridgehead atoms. The third kappa shape index (κ3) is 2.84. The Labute approximate surface area is 120 Å². The lowest BCUT2D eigenvalue weighted by molar-refractivity contribution is -0.124. The van der Waals surface area contributed by atoms with E-state index < -0.39 is 0 Å². The summed E-state index contributed by atoms with van der Waals surface area (Å²) < 4.78 is 12.1. The van der Waals surface area contributed by atoms with Crippen LogP contribution in [-0.4, -0.2) is 43.7 Å². The third-order valence-corrected chi connectivity index (χ3v) is 3.96. The van der Waals surface area contributed by atoms with Crippen LogP contribution in [0, 0.1) is 0 Å². The number of fused-ring (bicyclic) bond motifs is 1. The normalized spacial score (nSPS) is 19.1. The molecule has 1 amide bonds. The molecule has 1 N–H and O–H groups in total. The van der Waals surface area contributed by atoms with Crippen LogP contribution in [0.4, 0.5) is 0 Å². The zero-order valence-electron chi connectivity index (χ0n) is 10.4. The molecule has 3 rings (SSSR count). The SMILES string of the molecule is O=C1CN(Cc2cc3c(cc2Br)OCCO3)CCN1. The number of nitrogens with one attached hydrogen (secondary N) is 1. The van der Waals surface area contributed by atoms with E-state index in [-0.39, 0.29) is 5.91 Å². The lowest BCUT2D eigenvalue weighted by atomic mass is 10.1. The number of ether oxygens (including phenoxy) is 2. The number of amides is 1. The van der Waals surface area contributed by atoms with Crippen LogP contribution in [0.2, 0.25) is 0 Å². The molecule has 2 heterocycles. The first-order valence-electron chi connectivity index (χ1n) is 6.29. The van der Waals surface area contributed by atoms with Crippen LogP contribution in [0.1, 0.15) is 5.56 Å². The zero-order chi connectivity index (χ0) is 13.2. The number of carbonyl (C=O) groups excluding carboxylic acids is 1. The minimum absolute atomic E-state index is 0.0833. The molecule has 6 heteroatoms. The number of rotatable bonds is 2. The molecule has 19 heavy (non-hydrogen) atoms. The van der Waals surface area contributed by atoms with E-state index in [0.717, 1.165) is 34.6 Å². The number of carbonyl (C=O) groups is 1. The van der Waals surface area contributed by atoms with E-state index in [2.05, 4.69) is 26.1 Å². The highest BCUT2D eigenvalue weighted by atomic mass is 79.9. The molecule has 0 aromatic heterocycles. The number of piperazine rings is 1. The monoisotopic (exact) mass is 326 g/mol. The number of nitrogens with zero attached hydrogens (tertiary/aromatic N) is 1. The van der Waals surface area contributed by atoms with Crippen molar-refractivity contribution < 1.29 is 14.3 Å². The Morgan fingerprint density at radius 1 is 1.26 bits per heavy atom. The van der Waals surface area contributed by atoms with Gasteiger partial charge in [0, 0.05) is 24.1 Å². The molecule has 1 aromatic rings. The molecule has 1 saturated heterocycles. The van der Waals surface area contributed by atoms with Crippen LogP contribution in [0.5, 0.6) is 11.5 Å². The average molecular weight is 327 g/mol. The summed E-state index contributed by atoms with van der Waals surface area (Å²) in [6.45, 7) is 3.92. The van der Waals surface area contributed by atoms with E-state index in [1.54, 1.807) is 0 Å². The van der Waals surface area contributed by atoms with Crippen molar-refractivity contribution in [3.63, 3.8) is 0 Å². The lowest BCUT2D eigenvalue weighted by Crippen LogP contribution is -2.47. The topological polar surface area (TPSA) is 50.8 Å². The van der Waals surface area contributed by atoms with Gasteiger partial charge >= 0.3 is 0 Å². The van der Waals surface area contributed by atoms with Crippen molar-refractivity contribution in [2.75, 3.05) is 32.8 Å². The van der Waals surface area contributed by atoms with E-state index in [1.165, 1.54) is 0 Å². The smallest absolute Gasteiger partial charge is 0.234 e. The number of hydrogen-bond acceptors (Lipinski definition) is 4. The molecule has 0 unspecified atom stereocenters. The van der Waals surface area contributed by atoms with E-state index in [4.69, 9.17) is 9.47 Å². The number of benzene rings is 1. The second-order valence-corrected chi connectivity index (χ2v) is 5.50. The van der Waals surface area contributed by atoms with Crippen molar-refractivity contribution in [1.29, 1.82) is 0 Å². The fraction of sp³-hybridized carbons (Fsp3) is 0.462. The van der Waals surface area contributed by atoms with Crippen molar-refractivity contribution in [2.24, 2.45) is 0 Å². The quantitative estimate of drug-likeness (QED) is 0.885. The van der Waals surface area contributed by atoms with Crippen LogP contribution in [0.25, 0.3) is 0 Å². The van der Waals surface area contributed by atoms with Gasteiger partial charge < -0.3 is 14.8 Å². The van der Waals surface area contributed by atoms with Crippen molar-refractivity contribution in [2.45, 2.75) is 6.54 Å².